The number of hydrogen-bond donors (Lipinski definition) is 1. The van der Waals surface area contributed by atoms with E-state index >= 15 is 0 Å². The van der Waals surface area contributed by atoms with Gasteiger partial charge in [-0.15, -0.1) is 0 Å². The number of rotatable bonds is 3. The van der Waals surface area contributed by atoms with Gasteiger partial charge < -0.3 is 10.1 Å². The number of hydrogen-bond acceptors (Lipinski definition) is 5. The number of aromatic nitrogens is 1. The predicted octanol–water partition coefficient (Wildman–Crippen LogP) is 3.12. The summed E-state index contributed by atoms with van der Waals surface area (Å²) in [5.41, 5.74) is 1.17. The van der Waals surface area contributed by atoms with E-state index in [9.17, 15) is 9.18 Å². The van der Waals surface area contributed by atoms with Crippen molar-refractivity contribution in [3.8, 4) is 0 Å². The molecule has 0 unspecified atom stereocenters. The number of carbonyl (C=O) groups is 1. The van der Waals surface area contributed by atoms with Crippen LogP contribution in [0.5, 0.6) is 0 Å². The van der Waals surface area contributed by atoms with Gasteiger partial charge in [0.2, 0.25) is 0 Å². The molecule has 1 aromatic carbocycles. The third kappa shape index (κ3) is 2.65. The fourth-order valence-electron chi connectivity index (χ4n) is 1.42. The zero-order chi connectivity index (χ0) is 13.1. The molecule has 1 heterocycles. The minimum absolute atomic E-state index is 0.332. The highest BCUT2D eigenvalue weighted by molar-refractivity contribution is 7.17. The molecular weight excluding hydrogens is 255 g/mol. The maximum absolute atomic E-state index is 13.0. The zero-order valence-electron chi connectivity index (χ0n) is 9.86. The summed E-state index contributed by atoms with van der Waals surface area (Å²) in [7, 11) is 1.32. The van der Waals surface area contributed by atoms with E-state index in [4.69, 9.17) is 0 Å². The first-order valence-electron chi connectivity index (χ1n) is 5.18. The van der Waals surface area contributed by atoms with Crippen LogP contribution in [0.2, 0.25) is 0 Å². The van der Waals surface area contributed by atoms with Crippen LogP contribution < -0.4 is 5.32 Å². The second-order valence-electron chi connectivity index (χ2n) is 3.56. The molecule has 4 nitrogen and oxygen atoms in total. The van der Waals surface area contributed by atoms with Crippen LogP contribution in [0.3, 0.4) is 0 Å². The summed E-state index contributed by atoms with van der Waals surface area (Å²) in [6.45, 7) is 1.72. The molecular formula is C12H11FN2O2S. The van der Waals surface area contributed by atoms with Crippen molar-refractivity contribution in [3.05, 3.63) is 40.7 Å². The molecule has 2 aromatic rings. The van der Waals surface area contributed by atoms with Gasteiger partial charge in [0.25, 0.3) is 0 Å². The first-order chi connectivity index (χ1) is 8.60. The maximum atomic E-state index is 13.0. The number of ether oxygens (including phenoxy) is 1. The van der Waals surface area contributed by atoms with E-state index in [0.29, 0.717) is 21.4 Å². The first-order valence-corrected chi connectivity index (χ1v) is 6.00. The van der Waals surface area contributed by atoms with Crippen LogP contribution in [0.1, 0.15) is 15.4 Å². The van der Waals surface area contributed by atoms with E-state index in [1.54, 1.807) is 19.1 Å². The van der Waals surface area contributed by atoms with Crippen molar-refractivity contribution in [1.82, 2.24) is 4.98 Å². The molecule has 0 aliphatic heterocycles. The number of carbonyl (C=O) groups excluding carboxylic acids is 1. The van der Waals surface area contributed by atoms with Gasteiger partial charge in [-0.2, -0.15) is 0 Å². The van der Waals surface area contributed by atoms with Crippen molar-refractivity contribution in [2.75, 3.05) is 12.4 Å². The predicted molar refractivity (Wildman–Crippen MR) is 67.9 cm³/mol. The van der Waals surface area contributed by atoms with Crippen molar-refractivity contribution in [1.29, 1.82) is 0 Å². The monoisotopic (exact) mass is 266 g/mol. The second-order valence-corrected chi connectivity index (χ2v) is 4.56. The van der Waals surface area contributed by atoms with Gasteiger partial charge in [0.1, 0.15) is 10.7 Å². The average molecular weight is 266 g/mol. The average Bonchev–Trinajstić information content (AvgIpc) is 2.69. The van der Waals surface area contributed by atoms with Gasteiger partial charge in [-0.25, -0.2) is 14.2 Å². The molecule has 1 N–H and O–H groups in total. The molecule has 0 aliphatic rings. The molecule has 0 saturated carbocycles. The van der Waals surface area contributed by atoms with Gasteiger partial charge in [-0.1, -0.05) is 17.4 Å². The number of nitrogens with one attached hydrogen (secondary N) is 1. The quantitative estimate of drug-likeness (QED) is 0.867. The van der Waals surface area contributed by atoms with Crippen LogP contribution in [-0.2, 0) is 4.74 Å². The van der Waals surface area contributed by atoms with Gasteiger partial charge in [0, 0.05) is 5.69 Å². The van der Waals surface area contributed by atoms with E-state index < -0.39 is 5.97 Å². The van der Waals surface area contributed by atoms with Crippen molar-refractivity contribution >= 4 is 28.1 Å². The van der Waals surface area contributed by atoms with E-state index in [1.807, 2.05) is 0 Å². The molecule has 6 heteroatoms. The first kappa shape index (κ1) is 12.5. The normalized spacial score (nSPS) is 10.2. The van der Waals surface area contributed by atoms with E-state index in [0.717, 1.165) is 0 Å². The summed E-state index contributed by atoms with van der Waals surface area (Å²) in [5, 5.41) is 3.47. The highest BCUT2D eigenvalue weighted by Crippen LogP contribution is 2.26. The number of aryl methyl sites for hydroxylation is 1. The lowest BCUT2D eigenvalue weighted by Gasteiger charge is -2.01. The zero-order valence-corrected chi connectivity index (χ0v) is 10.7. The highest BCUT2D eigenvalue weighted by atomic mass is 32.1. The summed E-state index contributed by atoms with van der Waals surface area (Å²) in [5.74, 6) is -0.751. The Kier molecular flexibility index (Phi) is 3.57. The third-order valence-electron chi connectivity index (χ3n) is 2.24. The van der Waals surface area contributed by atoms with Gasteiger partial charge in [0.15, 0.2) is 5.13 Å². The Morgan fingerprint density at radius 1 is 1.50 bits per heavy atom. The SMILES string of the molecule is COC(=O)c1sc(Nc2cccc(F)c2)nc1C. The lowest BCUT2D eigenvalue weighted by molar-refractivity contribution is 0.0605. The van der Waals surface area contributed by atoms with Crippen molar-refractivity contribution in [2.24, 2.45) is 0 Å². The molecule has 0 spiro atoms. The largest absolute Gasteiger partial charge is 0.465 e. The van der Waals surface area contributed by atoms with E-state index in [2.05, 4.69) is 15.0 Å². The lowest BCUT2D eigenvalue weighted by atomic mass is 10.3. The van der Waals surface area contributed by atoms with E-state index in [-0.39, 0.29) is 5.82 Å². The fourth-order valence-corrected chi connectivity index (χ4v) is 2.33. The summed E-state index contributed by atoms with van der Waals surface area (Å²) in [4.78, 5) is 16.0. The highest BCUT2D eigenvalue weighted by Gasteiger charge is 2.15. The second kappa shape index (κ2) is 5.14. The molecule has 2 rings (SSSR count). The van der Waals surface area contributed by atoms with Crippen molar-refractivity contribution in [2.45, 2.75) is 6.92 Å². The molecule has 0 aliphatic carbocycles. The summed E-state index contributed by atoms with van der Waals surface area (Å²) < 4.78 is 17.6. The van der Waals surface area contributed by atoms with Crippen LogP contribution in [0.4, 0.5) is 15.2 Å². The van der Waals surface area contributed by atoms with E-state index in [1.165, 1.54) is 30.6 Å². The third-order valence-corrected chi connectivity index (χ3v) is 3.30. The number of methoxy groups -OCH3 is 1. The van der Waals surface area contributed by atoms with Crippen LogP contribution in [0.25, 0.3) is 0 Å². The van der Waals surface area contributed by atoms with Crippen LogP contribution >= 0.6 is 11.3 Å². The number of nitrogens with zero attached hydrogens (tertiary/aromatic N) is 1. The number of thiazole rings is 1. The number of anilines is 2. The van der Waals surface area contributed by atoms with Crippen LogP contribution in [0.15, 0.2) is 24.3 Å². The Balaban J connectivity index is 2.23. The van der Waals surface area contributed by atoms with Gasteiger partial charge in [0.05, 0.1) is 12.8 Å². The Labute approximate surface area is 107 Å². The Bertz CT molecular complexity index is 583. The van der Waals surface area contributed by atoms with Gasteiger partial charge in [-0.3, -0.25) is 0 Å². The smallest absolute Gasteiger partial charge is 0.350 e. The van der Waals surface area contributed by atoms with Crippen molar-refractivity contribution in [3.63, 3.8) is 0 Å². The van der Waals surface area contributed by atoms with Crippen LogP contribution in [0, 0.1) is 12.7 Å². The molecule has 0 bridgehead atoms. The molecule has 0 fully saturated rings. The molecule has 0 radical (unpaired) electrons. The van der Waals surface area contributed by atoms with Gasteiger partial charge >= 0.3 is 5.97 Å². The maximum Gasteiger partial charge on any atom is 0.350 e. The Hall–Kier alpha value is -1.95. The molecule has 94 valence electrons. The molecule has 0 saturated heterocycles. The molecule has 0 atom stereocenters. The topological polar surface area (TPSA) is 51.2 Å². The van der Waals surface area contributed by atoms with Crippen molar-refractivity contribution < 1.29 is 13.9 Å². The Morgan fingerprint density at radius 3 is 2.94 bits per heavy atom. The lowest BCUT2D eigenvalue weighted by Crippen LogP contribution is -1.99. The molecule has 1 aromatic heterocycles. The fraction of sp³-hybridized carbons (Fsp3) is 0.167. The molecule has 18 heavy (non-hydrogen) atoms. The summed E-state index contributed by atoms with van der Waals surface area (Å²) in [6, 6.07) is 6.03. The standard InChI is InChI=1S/C12H11FN2O2S/c1-7-10(11(16)17-2)18-12(14-7)15-9-5-3-4-8(13)6-9/h3-6H,1-2H3,(H,14,15). The number of esters is 1. The Morgan fingerprint density at radius 2 is 2.28 bits per heavy atom. The molecule has 0 amide bonds. The number of halogens is 1. The minimum Gasteiger partial charge on any atom is -0.465 e. The summed E-state index contributed by atoms with van der Waals surface area (Å²) in [6.07, 6.45) is 0. The van der Waals surface area contributed by atoms with Crippen LogP contribution in [-0.4, -0.2) is 18.1 Å². The minimum atomic E-state index is -0.419. The summed E-state index contributed by atoms with van der Waals surface area (Å²) >= 11 is 1.17. The number of benzene rings is 1. The van der Waals surface area contributed by atoms with Gasteiger partial charge in [-0.05, 0) is 25.1 Å².